The van der Waals surface area contributed by atoms with E-state index in [9.17, 15) is 4.79 Å². The van der Waals surface area contributed by atoms with Crippen LogP contribution in [0.4, 0.5) is 10.6 Å². The minimum absolute atomic E-state index is 0.0493. The van der Waals surface area contributed by atoms with E-state index in [0.29, 0.717) is 6.54 Å². The molecule has 0 aromatic carbocycles. The fourth-order valence-corrected chi connectivity index (χ4v) is 2.75. The van der Waals surface area contributed by atoms with Crippen LogP contribution in [-0.2, 0) is 11.2 Å². The summed E-state index contributed by atoms with van der Waals surface area (Å²) in [4.78, 5) is 22.5. The minimum atomic E-state index is -0.488. The first-order chi connectivity index (χ1) is 10.8. The molecule has 23 heavy (non-hydrogen) atoms. The number of carbonyl (C=O) groups excluding carboxylic acids is 1. The number of amides is 1. The van der Waals surface area contributed by atoms with Crippen LogP contribution in [0.2, 0.25) is 5.28 Å². The lowest BCUT2D eigenvalue weighted by atomic mass is 10.2. The van der Waals surface area contributed by atoms with Crippen molar-refractivity contribution >= 4 is 23.5 Å². The first-order valence-corrected chi connectivity index (χ1v) is 8.42. The SMILES string of the molecule is CCCc1cc(N2CC[C@H](NC(=O)OC(C)(C)C)C2)nc(Cl)n1. The number of nitrogens with one attached hydrogen (secondary N) is 1. The van der Waals surface area contributed by atoms with Gasteiger partial charge in [-0.1, -0.05) is 13.3 Å². The molecular formula is C16H25ClN4O2. The van der Waals surface area contributed by atoms with Crippen LogP contribution in [0, 0.1) is 0 Å². The Hall–Kier alpha value is -1.56. The number of hydrogen-bond acceptors (Lipinski definition) is 5. The average molecular weight is 341 g/mol. The molecule has 2 heterocycles. The molecule has 2 rings (SSSR count). The molecular weight excluding hydrogens is 316 g/mol. The van der Waals surface area contributed by atoms with Crippen LogP contribution in [-0.4, -0.2) is 40.8 Å². The molecule has 1 aromatic heterocycles. The molecule has 1 aliphatic rings. The molecule has 6 nitrogen and oxygen atoms in total. The number of hydrogen-bond donors (Lipinski definition) is 1. The molecule has 0 saturated carbocycles. The first kappa shape index (κ1) is 17.8. The highest BCUT2D eigenvalue weighted by molar-refractivity contribution is 6.28. The van der Waals surface area contributed by atoms with Gasteiger partial charge in [0.1, 0.15) is 11.4 Å². The predicted octanol–water partition coefficient (Wildman–Crippen LogP) is 3.19. The first-order valence-electron chi connectivity index (χ1n) is 8.05. The summed E-state index contributed by atoms with van der Waals surface area (Å²) in [6.45, 7) is 9.17. The summed E-state index contributed by atoms with van der Waals surface area (Å²) in [5.74, 6) is 0.821. The molecule has 1 aromatic rings. The third-order valence-electron chi connectivity index (χ3n) is 3.48. The van der Waals surface area contributed by atoms with E-state index in [2.05, 4.69) is 27.1 Å². The van der Waals surface area contributed by atoms with Crippen molar-refractivity contribution in [2.45, 2.75) is 58.6 Å². The van der Waals surface area contributed by atoms with Gasteiger partial charge in [-0.3, -0.25) is 0 Å². The Bertz CT molecular complexity index is 560. The number of rotatable bonds is 4. The molecule has 1 fully saturated rings. The maximum absolute atomic E-state index is 11.9. The van der Waals surface area contributed by atoms with E-state index in [1.165, 1.54) is 0 Å². The van der Waals surface area contributed by atoms with E-state index in [1.807, 2.05) is 26.8 Å². The monoisotopic (exact) mass is 340 g/mol. The molecule has 1 atom stereocenters. The zero-order valence-corrected chi connectivity index (χ0v) is 15.0. The van der Waals surface area contributed by atoms with Crippen LogP contribution in [0.25, 0.3) is 0 Å². The third kappa shape index (κ3) is 5.53. The van der Waals surface area contributed by atoms with Crippen molar-refractivity contribution in [3.05, 3.63) is 17.0 Å². The maximum atomic E-state index is 11.9. The number of ether oxygens (including phenoxy) is 1. The Morgan fingerprint density at radius 1 is 1.48 bits per heavy atom. The van der Waals surface area contributed by atoms with Gasteiger partial charge in [0.2, 0.25) is 5.28 Å². The van der Waals surface area contributed by atoms with Gasteiger partial charge in [0, 0.05) is 24.8 Å². The van der Waals surface area contributed by atoms with Gasteiger partial charge in [0.15, 0.2) is 0 Å². The summed E-state index contributed by atoms with van der Waals surface area (Å²) in [5, 5.41) is 3.18. The van der Waals surface area contributed by atoms with E-state index in [4.69, 9.17) is 16.3 Å². The molecule has 1 saturated heterocycles. The van der Waals surface area contributed by atoms with E-state index < -0.39 is 5.60 Å². The fraction of sp³-hybridized carbons (Fsp3) is 0.688. The third-order valence-corrected chi connectivity index (χ3v) is 3.65. The van der Waals surface area contributed by atoms with Crippen molar-refractivity contribution in [3.63, 3.8) is 0 Å². The van der Waals surface area contributed by atoms with Crippen molar-refractivity contribution in [1.82, 2.24) is 15.3 Å². The van der Waals surface area contributed by atoms with Gasteiger partial charge in [-0.25, -0.2) is 14.8 Å². The molecule has 128 valence electrons. The summed E-state index contributed by atoms with van der Waals surface area (Å²) in [5.41, 5.74) is 0.462. The lowest BCUT2D eigenvalue weighted by molar-refractivity contribution is 0.0509. The minimum Gasteiger partial charge on any atom is -0.444 e. The second kappa shape index (κ2) is 7.34. The van der Waals surface area contributed by atoms with Crippen molar-refractivity contribution in [2.75, 3.05) is 18.0 Å². The molecule has 0 aliphatic carbocycles. The molecule has 1 amide bonds. The molecule has 1 aliphatic heterocycles. The second-order valence-corrected chi connectivity index (χ2v) is 7.15. The molecule has 7 heteroatoms. The number of aromatic nitrogens is 2. The number of alkyl carbamates (subject to hydrolysis) is 1. The topological polar surface area (TPSA) is 67.4 Å². The summed E-state index contributed by atoms with van der Waals surface area (Å²) in [7, 11) is 0. The average Bonchev–Trinajstić information content (AvgIpc) is 2.84. The molecule has 0 unspecified atom stereocenters. The summed E-state index contributed by atoms with van der Waals surface area (Å²) < 4.78 is 5.30. The van der Waals surface area contributed by atoms with Crippen LogP contribution in [0.5, 0.6) is 0 Å². The van der Waals surface area contributed by atoms with Crippen molar-refractivity contribution < 1.29 is 9.53 Å². The number of aryl methyl sites for hydroxylation is 1. The largest absolute Gasteiger partial charge is 0.444 e. The number of carbonyl (C=O) groups is 1. The van der Waals surface area contributed by atoms with Gasteiger partial charge in [0.05, 0.1) is 6.04 Å². The van der Waals surface area contributed by atoms with Crippen molar-refractivity contribution in [3.8, 4) is 0 Å². The van der Waals surface area contributed by atoms with Gasteiger partial charge in [-0.15, -0.1) is 0 Å². The van der Waals surface area contributed by atoms with Crippen LogP contribution in [0.15, 0.2) is 6.07 Å². The van der Waals surface area contributed by atoms with Crippen LogP contribution >= 0.6 is 11.6 Å². The second-order valence-electron chi connectivity index (χ2n) is 6.81. The standard InChI is InChI=1S/C16H25ClN4O2/c1-5-6-11-9-13(20-14(17)18-11)21-8-7-12(10-21)19-15(22)23-16(2,3)4/h9,12H,5-8,10H2,1-4H3,(H,19,22)/t12-/m0/s1. The molecule has 0 spiro atoms. The highest BCUT2D eigenvalue weighted by atomic mass is 35.5. The van der Waals surface area contributed by atoms with Crippen LogP contribution in [0.1, 0.15) is 46.2 Å². The summed E-state index contributed by atoms with van der Waals surface area (Å²) in [6.07, 6.45) is 2.36. The Balaban J connectivity index is 1.96. The summed E-state index contributed by atoms with van der Waals surface area (Å²) >= 11 is 6.02. The van der Waals surface area contributed by atoms with E-state index in [0.717, 1.165) is 37.3 Å². The van der Waals surface area contributed by atoms with Crippen molar-refractivity contribution in [2.24, 2.45) is 0 Å². The Morgan fingerprint density at radius 2 is 2.22 bits per heavy atom. The highest BCUT2D eigenvalue weighted by Crippen LogP contribution is 2.21. The van der Waals surface area contributed by atoms with Gasteiger partial charge in [0.25, 0.3) is 0 Å². The lowest BCUT2D eigenvalue weighted by Gasteiger charge is -2.22. The van der Waals surface area contributed by atoms with Gasteiger partial charge in [-0.05, 0) is 45.2 Å². The normalized spacial score (nSPS) is 18.1. The van der Waals surface area contributed by atoms with Gasteiger partial charge < -0.3 is 15.0 Å². The van der Waals surface area contributed by atoms with Gasteiger partial charge in [-0.2, -0.15) is 0 Å². The van der Waals surface area contributed by atoms with Crippen molar-refractivity contribution in [1.29, 1.82) is 0 Å². The molecule has 1 N–H and O–H groups in total. The highest BCUT2D eigenvalue weighted by Gasteiger charge is 2.27. The van der Waals surface area contributed by atoms with E-state index in [-0.39, 0.29) is 17.4 Å². The summed E-state index contributed by atoms with van der Waals surface area (Å²) in [6, 6.07) is 2.03. The van der Waals surface area contributed by atoms with Crippen LogP contribution in [0.3, 0.4) is 0 Å². The predicted molar refractivity (Wildman–Crippen MR) is 91.0 cm³/mol. The number of anilines is 1. The Labute approximate surface area is 142 Å². The quantitative estimate of drug-likeness (QED) is 0.852. The Morgan fingerprint density at radius 3 is 2.87 bits per heavy atom. The fourth-order valence-electron chi connectivity index (χ4n) is 2.56. The van der Waals surface area contributed by atoms with Gasteiger partial charge >= 0.3 is 6.09 Å². The van der Waals surface area contributed by atoms with E-state index in [1.54, 1.807) is 0 Å². The molecule has 0 bridgehead atoms. The Kier molecular flexibility index (Phi) is 5.68. The zero-order valence-electron chi connectivity index (χ0n) is 14.2. The van der Waals surface area contributed by atoms with E-state index >= 15 is 0 Å². The zero-order chi connectivity index (χ0) is 17.0. The smallest absolute Gasteiger partial charge is 0.407 e. The molecule has 0 radical (unpaired) electrons. The number of nitrogens with zero attached hydrogens (tertiary/aromatic N) is 3. The maximum Gasteiger partial charge on any atom is 0.407 e. The number of halogens is 1. The van der Waals surface area contributed by atoms with Crippen LogP contribution < -0.4 is 10.2 Å². The lowest BCUT2D eigenvalue weighted by Crippen LogP contribution is -2.40.